The molecule has 0 aromatic carbocycles. The van der Waals surface area contributed by atoms with Crippen LogP contribution in [-0.4, -0.2) is 67.0 Å². The van der Waals surface area contributed by atoms with Crippen molar-refractivity contribution in [1.82, 2.24) is 14.1 Å². The van der Waals surface area contributed by atoms with Crippen LogP contribution in [0.15, 0.2) is 11.1 Å². The molecule has 1 aliphatic carbocycles. The summed E-state index contributed by atoms with van der Waals surface area (Å²) in [6.45, 7) is 1.41. The molecule has 1 saturated carbocycles. The van der Waals surface area contributed by atoms with Gasteiger partial charge in [-0.1, -0.05) is 11.1 Å². The smallest absolute Gasteiger partial charge is 0.324 e. The van der Waals surface area contributed by atoms with Crippen molar-refractivity contribution in [2.24, 2.45) is 0 Å². The predicted molar refractivity (Wildman–Crippen MR) is 76.1 cm³/mol. The lowest BCUT2D eigenvalue weighted by atomic mass is 10.0. The molecule has 0 unspecified atom stereocenters. The second kappa shape index (κ2) is 5.01. The minimum Gasteiger partial charge on any atom is -0.324 e. The summed E-state index contributed by atoms with van der Waals surface area (Å²) in [5.74, 6) is 0. The van der Waals surface area contributed by atoms with Crippen LogP contribution in [0.25, 0.3) is 0 Å². The summed E-state index contributed by atoms with van der Waals surface area (Å²) in [6.07, 6.45) is 5.11. The number of imide groups is 1. The van der Waals surface area contributed by atoms with E-state index in [-0.39, 0.29) is 19.1 Å². The van der Waals surface area contributed by atoms with E-state index < -0.39 is 16.1 Å². The second-order valence-electron chi connectivity index (χ2n) is 5.75. The molecule has 0 spiro atoms. The highest BCUT2D eigenvalue weighted by atomic mass is 32.2. The SMILES string of the molecule is CS(=O)(=O)N1CCN(C(=O)N2CCC(=C3CC3)CC2)C1=O. The Bertz CT molecular complexity index is 609. The van der Waals surface area contributed by atoms with Gasteiger partial charge in [-0.05, 0) is 25.7 Å². The molecule has 3 rings (SSSR count). The largest absolute Gasteiger partial charge is 0.341 e. The van der Waals surface area contributed by atoms with Gasteiger partial charge in [0.25, 0.3) is 0 Å². The summed E-state index contributed by atoms with van der Waals surface area (Å²) in [6, 6.07) is -1.10. The molecule has 0 N–H and O–H groups in total. The lowest BCUT2D eigenvalue weighted by Gasteiger charge is -2.31. The fourth-order valence-corrected chi connectivity index (χ4v) is 3.71. The van der Waals surface area contributed by atoms with Crippen molar-refractivity contribution < 1.29 is 18.0 Å². The molecule has 0 aromatic heterocycles. The summed E-state index contributed by atoms with van der Waals surface area (Å²) in [5.41, 5.74) is 2.99. The molecule has 3 fully saturated rings. The fraction of sp³-hybridized carbons (Fsp3) is 0.692. The first-order valence-electron chi connectivity index (χ1n) is 7.16. The van der Waals surface area contributed by atoms with E-state index >= 15 is 0 Å². The quantitative estimate of drug-likeness (QED) is 0.676. The maximum absolute atomic E-state index is 12.4. The van der Waals surface area contributed by atoms with Crippen LogP contribution in [0.1, 0.15) is 25.7 Å². The van der Waals surface area contributed by atoms with Gasteiger partial charge < -0.3 is 4.90 Å². The summed E-state index contributed by atoms with van der Waals surface area (Å²) < 4.78 is 23.7. The van der Waals surface area contributed by atoms with E-state index in [1.807, 2.05) is 0 Å². The summed E-state index contributed by atoms with van der Waals surface area (Å²) in [4.78, 5) is 27.1. The molecule has 0 atom stereocenters. The van der Waals surface area contributed by atoms with Gasteiger partial charge in [0, 0.05) is 13.1 Å². The van der Waals surface area contributed by atoms with Gasteiger partial charge in [0.2, 0.25) is 10.0 Å². The third kappa shape index (κ3) is 2.76. The number of rotatable bonds is 1. The maximum Gasteiger partial charge on any atom is 0.341 e. The van der Waals surface area contributed by atoms with Crippen molar-refractivity contribution in [3.8, 4) is 0 Å². The lowest BCUT2D eigenvalue weighted by molar-refractivity contribution is 0.158. The standard InChI is InChI=1S/C13H19N3O4S/c1-21(19,20)16-9-8-15(13(16)18)12(17)14-6-4-11(5-7-14)10-2-3-10/h2-9H2,1H3. The highest BCUT2D eigenvalue weighted by Crippen LogP contribution is 2.36. The van der Waals surface area contributed by atoms with Gasteiger partial charge in [-0.15, -0.1) is 0 Å². The highest BCUT2D eigenvalue weighted by Gasteiger charge is 2.40. The normalized spacial score (nSPS) is 23.1. The third-order valence-corrected chi connectivity index (χ3v) is 5.38. The van der Waals surface area contributed by atoms with E-state index in [1.54, 1.807) is 4.90 Å². The first-order valence-corrected chi connectivity index (χ1v) is 9.00. The molecule has 2 saturated heterocycles. The van der Waals surface area contributed by atoms with Gasteiger partial charge >= 0.3 is 12.1 Å². The molecule has 2 heterocycles. The molecule has 0 aromatic rings. The molecular formula is C13H19N3O4S. The van der Waals surface area contributed by atoms with Crippen LogP contribution in [0.4, 0.5) is 9.59 Å². The fourth-order valence-electron chi connectivity index (χ4n) is 2.91. The number of sulfonamides is 1. The van der Waals surface area contributed by atoms with Gasteiger partial charge in [-0.2, -0.15) is 0 Å². The maximum atomic E-state index is 12.4. The number of hydrogen-bond donors (Lipinski definition) is 0. The van der Waals surface area contributed by atoms with Crippen LogP contribution in [-0.2, 0) is 10.0 Å². The monoisotopic (exact) mass is 313 g/mol. The number of piperidine rings is 1. The van der Waals surface area contributed by atoms with Crippen molar-refractivity contribution in [1.29, 1.82) is 0 Å². The summed E-state index contributed by atoms with van der Waals surface area (Å²) >= 11 is 0. The van der Waals surface area contributed by atoms with E-state index in [1.165, 1.54) is 24.0 Å². The van der Waals surface area contributed by atoms with Crippen LogP contribution < -0.4 is 0 Å². The van der Waals surface area contributed by atoms with Gasteiger partial charge in [-0.25, -0.2) is 27.2 Å². The van der Waals surface area contributed by atoms with E-state index in [2.05, 4.69) is 0 Å². The third-order valence-electron chi connectivity index (χ3n) is 4.24. The second-order valence-corrected chi connectivity index (χ2v) is 7.65. The molecular weight excluding hydrogens is 294 g/mol. The molecule has 0 bridgehead atoms. The molecule has 21 heavy (non-hydrogen) atoms. The van der Waals surface area contributed by atoms with E-state index in [4.69, 9.17) is 0 Å². The zero-order chi connectivity index (χ0) is 15.2. The number of nitrogens with zero attached hydrogens (tertiary/aromatic N) is 3. The van der Waals surface area contributed by atoms with Gasteiger partial charge in [-0.3, -0.25) is 0 Å². The Kier molecular flexibility index (Phi) is 3.43. The van der Waals surface area contributed by atoms with Gasteiger partial charge in [0.1, 0.15) is 0 Å². The van der Waals surface area contributed by atoms with Crippen LogP contribution in [0.3, 0.4) is 0 Å². The lowest BCUT2D eigenvalue weighted by Crippen LogP contribution is -2.47. The van der Waals surface area contributed by atoms with E-state index in [0.29, 0.717) is 13.1 Å². The van der Waals surface area contributed by atoms with Crippen LogP contribution in [0.5, 0.6) is 0 Å². The van der Waals surface area contributed by atoms with Crippen LogP contribution >= 0.6 is 0 Å². The molecule has 7 nitrogen and oxygen atoms in total. The number of hydrogen-bond acceptors (Lipinski definition) is 4. The van der Waals surface area contributed by atoms with Crippen molar-refractivity contribution in [3.63, 3.8) is 0 Å². The van der Waals surface area contributed by atoms with Crippen molar-refractivity contribution in [2.45, 2.75) is 25.7 Å². The Morgan fingerprint density at radius 3 is 2.00 bits per heavy atom. The minimum atomic E-state index is -3.60. The van der Waals surface area contributed by atoms with Crippen LogP contribution in [0, 0.1) is 0 Å². The number of carbonyl (C=O) groups is 2. The number of amides is 4. The molecule has 0 radical (unpaired) electrons. The summed E-state index contributed by atoms with van der Waals surface area (Å²) in [7, 11) is -3.60. The Hall–Kier alpha value is -1.57. The summed E-state index contributed by atoms with van der Waals surface area (Å²) in [5, 5.41) is 0. The zero-order valence-corrected chi connectivity index (χ0v) is 12.9. The average Bonchev–Trinajstić information content (AvgIpc) is 3.20. The Morgan fingerprint density at radius 2 is 1.52 bits per heavy atom. The number of urea groups is 2. The first-order chi connectivity index (χ1) is 9.88. The molecule has 3 aliphatic rings. The Labute approximate surface area is 124 Å². The first kappa shape index (κ1) is 14.4. The van der Waals surface area contributed by atoms with Crippen molar-refractivity contribution in [2.75, 3.05) is 32.4 Å². The number of carbonyl (C=O) groups excluding carboxylic acids is 2. The Balaban J connectivity index is 1.64. The van der Waals surface area contributed by atoms with Crippen molar-refractivity contribution >= 4 is 22.1 Å². The number of likely N-dealkylation sites (tertiary alicyclic amines) is 1. The molecule has 2 aliphatic heterocycles. The number of allylic oxidation sites excluding steroid dienone is 1. The molecule has 8 heteroatoms. The topological polar surface area (TPSA) is 78.0 Å². The Morgan fingerprint density at radius 1 is 0.952 bits per heavy atom. The van der Waals surface area contributed by atoms with Gasteiger partial charge in [0.05, 0.1) is 19.3 Å². The van der Waals surface area contributed by atoms with Gasteiger partial charge in [0.15, 0.2) is 0 Å². The minimum absolute atomic E-state index is 0.0482. The zero-order valence-electron chi connectivity index (χ0n) is 12.0. The van der Waals surface area contributed by atoms with Crippen LogP contribution in [0.2, 0.25) is 0 Å². The average molecular weight is 313 g/mol. The predicted octanol–water partition coefficient (Wildman–Crippen LogP) is 0.990. The van der Waals surface area contributed by atoms with E-state index in [9.17, 15) is 18.0 Å². The molecule has 4 amide bonds. The van der Waals surface area contributed by atoms with Crippen molar-refractivity contribution in [3.05, 3.63) is 11.1 Å². The highest BCUT2D eigenvalue weighted by molar-refractivity contribution is 7.88. The molecule has 116 valence electrons. The van der Waals surface area contributed by atoms with E-state index in [0.717, 1.165) is 28.3 Å².